The zero-order valence-corrected chi connectivity index (χ0v) is 12.6. The van der Waals surface area contributed by atoms with Gasteiger partial charge in [-0.15, -0.1) is 0 Å². The van der Waals surface area contributed by atoms with E-state index < -0.39 is 23.7 Å². The molecule has 3 N–H and O–H groups in total. The van der Waals surface area contributed by atoms with Crippen molar-refractivity contribution in [1.29, 1.82) is 0 Å². The molecule has 2 rings (SSSR count). The van der Waals surface area contributed by atoms with Crippen LogP contribution in [0.2, 0.25) is 0 Å². The van der Waals surface area contributed by atoms with Gasteiger partial charge in [-0.1, -0.05) is 36.4 Å². The number of hydrogen-bond acceptors (Lipinski definition) is 3. The maximum absolute atomic E-state index is 13.6. The van der Waals surface area contributed by atoms with E-state index in [1.54, 1.807) is 36.4 Å². The van der Waals surface area contributed by atoms with E-state index in [4.69, 9.17) is 10.5 Å². The minimum Gasteiger partial charge on any atom is -0.494 e. The summed E-state index contributed by atoms with van der Waals surface area (Å²) in [6.45, 7) is 0. The molecule has 0 saturated heterocycles. The second-order valence-corrected chi connectivity index (χ2v) is 4.96. The Hall–Kier alpha value is -2.89. The summed E-state index contributed by atoms with van der Waals surface area (Å²) in [7, 11) is 1.36. The van der Waals surface area contributed by atoms with Gasteiger partial charge in [-0.05, 0) is 23.3 Å². The summed E-state index contributed by atoms with van der Waals surface area (Å²) < 4.78 is 18.4. The molecule has 0 unspecified atom stereocenters. The van der Waals surface area contributed by atoms with Gasteiger partial charge in [0.25, 0.3) is 0 Å². The molecule has 0 heterocycles. The first-order valence-corrected chi connectivity index (χ1v) is 6.97. The van der Waals surface area contributed by atoms with Gasteiger partial charge in [-0.3, -0.25) is 9.59 Å². The monoisotopic (exact) mass is 316 g/mol. The second kappa shape index (κ2) is 7.40. The Balaban J connectivity index is 2.08. The van der Waals surface area contributed by atoms with Crippen LogP contribution >= 0.6 is 0 Å². The lowest BCUT2D eigenvalue weighted by Crippen LogP contribution is -2.38. The Morgan fingerprint density at radius 2 is 1.91 bits per heavy atom. The van der Waals surface area contributed by atoms with Crippen LogP contribution in [-0.2, 0) is 16.0 Å². The minimum absolute atomic E-state index is 0.0719. The Labute approximate surface area is 133 Å². The van der Waals surface area contributed by atoms with Crippen molar-refractivity contribution >= 4 is 11.8 Å². The third kappa shape index (κ3) is 4.29. The van der Waals surface area contributed by atoms with E-state index in [1.165, 1.54) is 19.2 Å². The number of carbonyl (C=O) groups excluding carboxylic acids is 2. The number of amides is 2. The van der Waals surface area contributed by atoms with Gasteiger partial charge < -0.3 is 15.8 Å². The van der Waals surface area contributed by atoms with E-state index in [0.717, 1.165) is 0 Å². The molecule has 0 aliphatic rings. The normalized spacial score (nSPS) is 11.6. The molecule has 0 radical (unpaired) electrons. The Morgan fingerprint density at radius 3 is 2.48 bits per heavy atom. The predicted octanol–water partition coefficient (Wildman–Crippen LogP) is 1.72. The molecule has 120 valence electrons. The number of carbonyl (C=O) groups is 2. The van der Waals surface area contributed by atoms with Gasteiger partial charge in [0.1, 0.15) is 6.04 Å². The molecule has 5 nitrogen and oxygen atoms in total. The first-order chi connectivity index (χ1) is 11.0. The average molecular weight is 316 g/mol. The van der Waals surface area contributed by atoms with Crippen molar-refractivity contribution in [2.24, 2.45) is 5.73 Å². The fraction of sp³-hybridized carbons (Fsp3) is 0.176. The largest absolute Gasteiger partial charge is 0.494 e. The summed E-state index contributed by atoms with van der Waals surface area (Å²) >= 11 is 0. The summed E-state index contributed by atoms with van der Waals surface area (Å²) in [5.74, 6) is -1.53. The van der Waals surface area contributed by atoms with Crippen LogP contribution in [0, 0.1) is 5.82 Å². The summed E-state index contributed by atoms with van der Waals surface area (Å²) in [5, 5.41) is 2.56. The molecule has 0 fully saturated rings. The van der Waals surface area contributed by atoms with Gasteiger partial charge in [-0.25, -0.2) is 4.39 Å². The molecule has 2 aromatic rings. The molecular weight excluding hydrogens is 299 g/mol. The highest BCUT2D eigenvalue weighted by Gasteiger charge is 2.20. The Kier molecular flexibility index (Phi) is 5.30. The van der Waals surface area contributed by atoms with Crippen LogP contribution in [0.25, 0.3) is 0 Å². The number of primary amides is 1. The van der Waals surface area contributed by atoms with Gasteiger partial charge in [0, 0.05) is 0 Å². The molecule has 2 aromatic carbocycles. The fourth-order valence-electron chi connectivity index (χ4n) is 2.18. The van der Waals surface area contributed by atoms with Crippen molar-refractivity contribution in [1.82, 2.24) is 5.32 Å². The first-order valence-electron chi connectivity index (χ1n) is 6.97. The smallest absolute Gasteiger partial charge is 0.244 e. The van der Waals surface area contributed by atoms with Gasteiger partial charge in [-0.2, -0.15) is 0 Å². The van der Waals surface area contributed by atoms with Crippen molar-refractivity contribution in [2.75, 3.05) is 7.11 Å². The van der Waals surface area contributed by atoms with Crippen molar-refractivity contribution in [3.63, 3.8) is 0 Å². The number of nitrogens with two attached hydrogens (primary N) is 1. The summed E-state index contributed by atoms with van der Waals surface area (Å²) in [6, 6.07) is 12.0. The molecule has 0 saturated carbocycles. The number of rotatable bonds is 6. The quantitative estimate of drug-likeness (QED) is 0.851. The molecule has 0 aliphatic heterocycles. The Morgan fingerprint density at radius 1 is 1.22 bits per heavy atom. The molecule has 0 spiro atoms. The lowest BCUT2D eigenvalue weighted by Gasteiger charge is -2.16. The van der Waals surface area contributed by atoms with Crippen molar-refractivity contribution in [3.8, 4) is 5.75 Å². The third-order valence-corrected chi connectivity index (χ3v) is 3.30. The maximum atomic E-state index is 13.6. The van der Waals surface area contributed by atoms with Crippen LogP contribution in [-0.4, -0.2) is 18.9 Å². The van der Waals surface area contributed by atoms with E-state index >= 15 is 0 Å². The number of benzene rings is 2. The molecule has 23 heavy (non-hydrogen) atoms. The maximum Gasteiger partial charge on any atom is 0.244 e. The molecular formula is C17H17FN2O3. The fourth-order valence-corrected chi connectivity index (χ4v) is 2.18. The topological polar surface area (TPSA) is 81.4 Å². The zero-order chi connectivity index (χ0) is 16.8. The van der Waals surface area contributed by atoms with Gasteiger partial charge in [0.15, 0.2) is 11.6 Å². The van der Waals surface area contributed by atoms with Crippen LogP contribution in [0.3, 0.4) is 0 Å². The highest BCUT2D eigenvalue weighted by atomic mass is 19.1. The molecule has 1 atom stereocenters. The SMILES string of the molecule is COc1ccc(CC(=O)N[C@H](C(N)=O)c2ccccc2)cc1F. The molecule has 0 aromatic heterocycles. The summed E-state index contributed by atoms with van der Waals surface area (Å²) in [5.41, 5.74) is 6.40. The zero-order valence-electron chi connectivity index (χ0n) is 12.6. The van der Waals surface area contributed by atoms with E-state index in [9.17, 15) is 14.0 Å². The van der Waals surface area contributed by atoms with E-state index in [2.05, 4.69) is 5.32 Å². The third-order valence-electron chi connectivity index (χ3n) is 3.30. The number of ether oxygens (including phenoxy) is 1. The highest BCUT2D eigenvalue weighted by Crippen LogP contribution is 2.18. The molecule has 0 bridgehead atoms. The lowest BCUT2D eigenvalue weighted by atomic mass is 10.1. The van der Waals surface area contributed by atoms with Crippen LogP contribution < -0.4 is 15.8 Å². The average Bonchev–Trinajstić information content (AvgIpc) is 2.53. The van der Waals surface area contributed by atoms with Crippen LogP contribution in [0.1, 0.15) is 17.2 Å². The van der Waals surface area contributed by atoms with Gasteiger partial charge in [0.05, 0.1) is 13.5 Å². The standard InChI is InChI=1S/C17H17FN2O3/c1-23-14-8-7-11(9-13(14)18)10-15(21)20-16(17(19)22)12-5-3-2-4-6-12/h2-9,16H,10H2,1H3,(H2,19,22)(H,20,21)/t16-/m0/s1. The van der Waals surface area contributed by atoms with Crippen LogP contribution in [0.5, 0.6) is 5.75 Å². The second-order valence-electron chi connectivity index (χ2n) is 4.96. The van der Waals surface area contributed by atoms with Crippen molar-refractivity contribution in [3.05, 3.63) is 65.5 Å². The first kappa shape index (κ1) is 16.5. The van der Waals surface area contributed by atoms with E-state index in [0.29, 0.717) is 11.1 Å². The van der Waals surface area contributed by atoms with Crippen LogP contribution in [0.4, 0.5) is 4.39 Å². The highest BCUT2D eigenvalue weighted by molar-refractivity contribution is 5.88. The number of hydrogen-bond donors (Lipinski definition) is 2. The lowest BCUT2D eigenvalue weighted by molar-refractivity contribution is -0.127. The van der Waals surface area contributed by atoms with Crippen LogP contribution in [0.15, 0.2) is 48.5 Å². The number of methoxy groups -OCH3 is 1. The van der Waals surface area contributed by atoms with Gasteiger partial charge in [0.2, 0.25) is 11.8 Å². The predicted molar refractivity (Wildman–Crippen MR) is 83.2 cm³/mol. The number of nitrogens with one attached hydrogen (secondary N) is 1. The van der Waals surface area contributed by atoms with Crippen molar-refractivity contribution in [2.45, 2.75) is 12.5 Å². The Bertz CT molecular complexity index is 704. The van der Waals surface area contributed by atoms with Crippen molar-refractivity contribution < 1.29 is 18.7 Å². The molecule has 6 heteroatoms. The van der Waals surface area contributed by atoms with E-state index in [-0.39, 0.29) is 12.2 Å². The summed E-state index contributed by atoms with van der Waals surface area (Å²) in [6.07, 6.45) is -0.0719. The minimum atomic E-state index is -0.924. The number of halogens is 1. The van der Waals surface area contributed by atoms with Gasteiger partial charge >= 0.3 is 0 Å². The summed E-state index contributed by atoms with van der Waals surface area (Å²) in [4.78, 5) is 23.7. The molecule has 2 amide bonds. The molecule has 0 aliphatic carbocycles. The van der Waals surface area contributed by atoms with E-state index in [1.807, 2.05) is 0 Å².